The Morgan fingerprint density at radius 2 is 2.05 bits per heavy atom. The molecule has 0 radical (unpaired) electrons. The summed E-state index contributed by atoms with van der Waals surface area (Å²) in [6, 6.07) is 6.32. The maximum absolute atomic E-state index is 6.01. The number of nitrogens with zero attached hydrogens (tertiary/aromatic N) is 2. The molecule has 0 fully saturated rings. The van der Waals surface area contributed by atoms with Crippen LogP contribution in [0, 0.1) is 6.92 Å². The molecule has 0 aliphatic carbocycles. The highest BCUT2D eigenvalue weighted by atomic mass is 127. The van der Waals surface area contributed by atoms with Crippen LogP contribution >= 0.6 is 24.0 Å². The fourth-order valence-electron chi connectivity index (χ4n) is 1.83. The first kappa shape index (κ1) is 20.0. The quantitative estimate of drug-likeness (QED) is 0.463. The van der Waals surface area contributed by atoms with E-state index in [0.717, 1.165) is 23.7 Å². The Bertz CT molecular complexity index is 461. The molecule has 5 heteroatoms. The maximum Gasteiger partial charge on any atom is 0.193 e. The van der Waals surface area contributed by atoms with Crippen molar-refractivity contribution in [2.75, 3.05) is 21.1 Å². The molecule has 1 atom stereocenters. The normalized spacial score (nSPS) is 12.4. The summed E-state index contributed by atoms with van der Waals surface area (Å²) < 4.78 is 6.01. The monoisotopic (exact) mass is 405 g/mol. The number of aryl methyl sites for hydroxylation is 1. The molecular weight excluding hydrogens is 377 g/mol. The molecule has 1 rings (SSSR count). The number of rotatable bonds is 5. The lowest BCUT2D eigenvalue weighted by molar-refractivity contribution is 0.215. The first-order valence-corrected chi connectivity index (χ1v) is 7.12. The number of guanidine groups is 1. The van der Waals surface area contributed by atoms with Gasteiger partial charge < -0.3 is 15.0 Å². The Labute approximate surface area is 146 Å². The van der Waals surface area contributed by atoms with Gasteiger partial charge in [-0.15, -0.1) is 24.0 Å². The van der Waals surface area contributed by atoms with Gasteiger partial charge >= 0.3 is 0 Å². The summed E-state index contributed by atoms with van der Waals surface area (Å²) in [5.74, 6) is 1.82. The predicted molar refractivity (Wildman–Crippen MR) is 101 cm³/mol. The van der Waals surface area contributed by atoms with Crippen molar-refractivity contribution >= 4 is 29.9 Å². The molecule has 1 N–H and O–H groups in total. The van der Waals surface area contributed by atoms with Gasteiger partial charge in [0.2, 0.25) is 0 Å². The van der Waals surface area contributed by atoms with Crippen LogP contribution in [-0.4, -0.2) is 38.1 Å². The van der Waals surface area contributed by atoms with Crippen molar-refractivity contribution in [1.29, 1.82) is 0 Å². The predicted octanol–water partition coefficient (Wildman–Crippen LogP) is 3.43. The molecule has 0 spiro atoms. The van der Waals surface area contributed by atoms with E-state index in [1.54, 1.807) is 7.05 Å². The van der Waals surface area contributed by atoms with E-state index in [-0.39, 0.29) is 30.1 Å². The molecule has 0 aromatic heterocycles. The Balaban J connectivity index is 0.00000400. The first-order chi connectivity index (χ1) is 9.47. The van der Waals surface area contributed by atoms with E-state index < -0.39 is 0 Å². The molecule has 21 heavy (non-hydrogen) atoms. The minimum absolute atomic E-state index is 0. The third kappa shape index (κ3) is 6.54. The van der Waals surface area contributed by atoms with Crippen LogP contribution in [0.5, 0.6) is 5.75 Å². The average Bonchev–Trinajstić information content (AvgIpc) is 2.41. The van der Waals surface area contributed by atoms with Gasteiger partial charge in [-0.05, 0) is 31.9 Å². The van der Waals surface area contributed by atoms with Crippen molar-refractivity contribution in [2.45, 2.75) is 39.8 Å². The summed E-state index contributed by atoms with van der Waals surface area (Å²) in [5, 5.41) is 3.33. The van der Waals surface area contributed by atoms with Gasteiger partial charge in [0.05, 0.1) is 6.10 Å². The van der Waals surface area contributed by atoms with Crippen LogP contribution < -0.4 is 10.1 Å². The van der Waals surface area contributed by atoms with Crippen LogP contribution in [0.3, 0.4) is 0 Å². The van der Waals surface area contributed by atoms with Gasteiger partial charge in [-0.1, -0.05) is 19.1 Å². The number of nitrogens with one attached hydrogen (secondary N) is 1. The number of aliphatic imine (C=N–C) groups is 1. The largest absolute Gasteiger partial charge is 0.490 e. The zero-order chi connectivity index (χ0) is 15.1. The molecule has 0 aliphatic rings. The van der Waals surface area contributed by atoms with Gasteiger partial charge in [0, 0.05) is 33.3 Å². The van der Waals surface area contributed by atoms with E-state index >= 15 is 0 Å². The van der Waals surface area contributed by atoms with Crippen molar-refractivity contribution in [3.63, 3.8) is 0 Å². The van der Waals surface area contributed by atoms with Gasteiger partial charge in [-0.3, -0.25) is 4.99 Å². The number of hydrogen-bond donors (Lipinski definition) is 1. The molecule has 0 saturated heterocycles. The Kier molecular flexibility index (Phi) is 9.41. The number of ether oxygens (including phenoxy) is 1. The van der Waals surface area contributed by atoms with E-state index in [0.29, 0.717) is 6.54 Å². The molecule has 0 heterocycles. The minimum atomic E-state index is 0. The Morgan fingerprint density at radius 3 is 2.57 bits per heavy atom. The van der Waals surface area contributed by atoms with Gasteiger partial charge in [-0.25, -0.2) is 0 Å². The molecule has 0 bridgehead atoms. The SMILES string of the molecule is CCC(C)Oc1cc(C)ccc1CNC(=NC)N(C)C.I. The highest BCUT2D eigenvalue weighted by Gasteiger charge is 2.09. The lowest BCUT2D eigenvalue weighted by Gasteiger charge is -2.20. The average molecular weight is 405 g/mol. The molecule has 1 unspecified atom stereocenters. The number of halogens is 1. The first-order valence-electron chi connectivity index (χ1n) is 7.12. The van der Waals surface area contributed by atoms with Gasteiger partial charge in [0.1, 0.15) is 5.75 Å². The van der Waals surface area contributed by atoms with Crippen LogP contribution in [0.15, 0.2) is 23.2 Å². The molecule has 1 aromatic carbocycles. The smallest absolute Gasteiger partial charge is 0.193 e. The maximum atomic E-state index is 6.01. The van der Waals surface area contributed by atoms with E-state index in [4.69, 9.17) is 4.74 Å². The number of hydrogen-bond acceptors (Lipinski definition) is 2. The van der Waals surface area contributed by atoms with Crippen LogP contribution in [0.25, 0.3) is 0 Å². The van der Waals surface area contributed by atoms with Crippen molar-refractivity contribution in [1.82, 2.24) is 10.2 Å². The second-order valence-corrected chi connectivity index (χ2v) is 5.24. The topological polar surface area (TPSA) is 36.9 Å². The highest BCUT2D eigenvalue weighted by molar-refractivity contribution is 14.0. The molecular formula is C16H28IN3O. The second-order valence-electron chi connectivity index (χ2n) is 5.24. The summed E-state index contributed by atoms with van der Waals surface area (Å²) in [6.07, 6.45) is 1.23. The Morgan fingerprint density at radius 1 is 1.38 bits per heavy atom. The van der Waals surface area contributed by atoms with Gasteiger partial charge in [-0.2, -0.15) is 0 Å². The molecule has 4 nitrogen and oxygen atoms in total. The summed E-state index contributed by atoms with van der Waals surface area (Å²) in [5.41, 5.74) is 2.36. The summed E-state index contributed by atoms with van der Waals surface area (Å²) in [6.45, 7) is 7.01. The fourth-order valence-corrected chi connectivity index (χ4v) is 1.83. The third-order valence-electron chi connectivity index (χ3n) is 3.20. The van der Waals surface area contributed by atoms with E-state index in [1.807, 2.05) is 19.0 Å². The fraction of sp³-hybridized carbons (Fsp3) is 0.562. The highest BCUT2D eigenvalue weighted by Crippen LogP contribution is 2.22. The lowest BCUT2D eigenvalue weighted by Crippen LogP contribution is -2.35. The molecule has 0 aliphatic heterocycles. The van der Waals surface area contributed by atoms with Crippen LogP contribution in [-0.2, 0) is 6.54 Å². The molecule has 0 saturated carbocycles. The van der Waals surface area contributed by atoms with E-state index in [1.165, 1.54) is 5.56 Å². The van der Waals surface area contributed by atoms with E-state index in [2.05, 4.69) is 49.3 Å². The number of benzene rings is 1. The van der Waals surface area contributed by atoms with Crippen molar-refractivity contribution in [3.05, 3.63) is 29.3 Å². The lowest BCUT2D eigenvalue weighted by atomic mass is 10.1. The van der Waals surface area contributed by atoms with Crippen molar-refractivity contribution < 1.29 is 4.74 Å². The second kappa shape index (κ2) is 9.87. The summed E-state index contributed by atoms with van der Waals surface area (Å²) in [7, 11) is 5.73. The minimum Gasteiger partial charge on any atom is -0.490 e. The van der Waals surface area contributed by atoms with Crippen LogP contribution in [0.1, 0.15) is 31.4 Å². The zero-order valence-electron chi connectivity index (χ0n) is 13.9. The molecule has 120 valence electrons. The van der Waals surface area contributed by atoms with Gasteiger partial charge in [0.25, 0.3) is 0 Å². The van der Waals surface area contributed by atoms with E-state index in [9.17, 15) is 0 Å². The Hall–Kier alpha value is -0.980. The van der Waals surface area contributed by atoms with Gasteiger partial charge in [0.15, 0.2) is 5.96 Å². The van der Waals surface area contributed by atoms with Crippen LogP contribution in [0.2, 0.25) is 0 Å². The van der Waals surface area contributed by atoms with Crippen molar-refractivity contribution in [2.24, 2.45) is 4.99 Å². The summed E-state index contributed by atoms with van der Waals surface area (Å²) >= 11 is 0. The summed E-state index contributed by atoms with van der Waals surface area (Å²) in [4.78, 5) is 6.18. The van der Waals surface area contributed by atoms with Crippen molar-refractivity contribution in [3.8, 4) is 5.75 Å². The zero-order valence-corrected chi connectivity index (χ0v) is 16.3. The van der Waals surface area contributed by atoms with Crippen LogP contribution in [0.4, 0.5) is 0 Å². The third-order valence-corrected chi connectivity index (χ3v) is 3.20. The molecule has 1 aromatic rings. The molecule has 0 amide bonds. The standard InChI is InChI=1S/C16H27N3O.HI/c1-7-13(3)20-15-10-12(2)8-9-14(15)11-18-16(17-4)19(5)6;/h8-10,13H,7,11H2,1-6H3,(H,17,18);1H.